The summed E-state index contributed by atoms with van der Waals surface area (Å²) in [6.45, 7) is 0. The first-order chi connectivity index (χ1) is 9.17. The molecule has 0 unspecified atom stereocenters. The number of nitrogen functional groups attached to an aromatic ring is 1. The second kappa shape index (κ2) is 4.69. The molecule has 5 nitrogen and oxygen atoms in total. The molecule has 96 valence electrons. The SMILES string of the molecule is COc1cc2nn(-c3cccc(I)c3)nc2cc1N. The van der Waals surface area contributed by atoms with E-state index >= 15 is 0 Å². The Morgan fingerprint density at radius 1 is 1.16 bits per heavy atom. The smallest absolute Gasteiger partial charge is 0.144 e. The zero-order valence-electron chi connectivity index (χ0n) is 10.2. The second-order valence-electron chi connectivity index (χ2n) is 4.05. The number of hydrogen-bond acceptors (Lipinski definition) is 4. The summed E-state index contributed by atoms with van der Waals surface area (Å²) in [7, 11) is 1.58. The Labute approximate surface area is 123 Å². The van der Waals surface area contributed by atoms with E-state index in [-0.39, 0.29) is 0 Å². The fourth-order valence-electron chi connectivity index (χ4n) is 1.85. The van der Waals surface area contributed by atoms with Crippen LogP contribution in [0.15, 0.2) is 36.4 Å². The Morgan fingerprint density at radius 3 is 2.58 bits per heavy atom. The van der Waals surface area contributed by atoms with Gasteiger partial charge in [0, 0.05) is 9.64 Å². The summed E-state index contributed by atoms with van der Waals surface area (Å²) in [6, 6.07) is 11.5. The van der Waals surface area contributed by atoms with Gasteiger partial charge in [-0.25, -0.2) is 0 Å². The minimum Gasteiger partial charge on any atom is -0.495 e. The van der Waals surface area contributed by atoms with Crippen LogP contribution in [0, 0.1) is 3.57 Å². The lowest BCUT2D eigenvalue weighted by Gasteiger charge is -2.01. The van der Waals surface area contributed by atoms with Crippen LogP contribution in [0.5, 0.6) is 5.75 Å². The minimum absolute atomic E-state index is 0.560. The molecule has 0 amide bonds. The number of benzene rings is 2. The van der Waals surface area contributed by atoms with Crippen molar-refractivity contribution in [2.75, 3.05) is 12.8 Å². The number of nitrogens with zero attached hydrogens (tertiary/aromatic N) is 3. The van der Waals surface area contributed by atoms with Gasteiger partial charge in [-0.2, -0.15) is 4.80 Å². The number of aromatic nitrogens is 3. The van der Waals surface area contributed by atoms with E-state index < -0.39 is 0 Å². The van der Waals surface area contributed by atoms with E-state index in [4.69, 9.17) is 10.5 Å². The van der Waals surface area contributed by atoms with Crippen molar-refractivity contribution in [3.8, 4) is 11.4 Å². The number of hydrogen-bond donors (Lipinski definition) is 1. The van der Waals surface area contributed by atoms with Crippen LogP contribution in [0.2, 0.25) is 0 Å². The number of anilines is 1. The Morgan fingerprint density at radius 2 is 1.89 bits per heavy atom. The molecule has 0 aliphatic carbocycles. The molecule has 0 fully saturated rings. The molecule has 0 radical (unpaired) electrons. The molecule has 0 aliphatic heterocycles. The molecular formula is C13H11IN4O. The zero-order chi connectivity index (χ0) is 13.4. The Bertz CT molecular complexity index is 753. The summed E-state index contributed by atoms with van der Waals surface area (Å²) in [5.41, 5.74) is 8.85. The molecule has 0 atom stereocenters. The largest absolute Gasteiger partial charge is 0.495 e. The normalized spacial score (nSPS) is 10.8. The van der Waals surface area contributed by atoms with E-state index in [0.717, 1.165) is 20.3 Å². The van der Waals surface area contributed by atoms with Crippen molar-refractivity contribution in [3.05, 3.63) is 40.0 Å². The molecule has 2 N–H and O–H groups in total. The van der Waals surface area contributed by atoms with E-state index in [1.165, 1.54) is 0 Å². The maximum atomic E-state index is 5.87. The van der Waals surface area contributed by atoms with Gasteiger partial charge in [-0.1, -0.05) is 6.07 Å². The van der Waals surface area contributed by atoms with Crippen LogP contribution >= 0.6 is 22.6 Å². The van der Waals surface area contributed by atoms with Gasteiger partial charge >= 0.3 is 0 Å². The number of rotatable bonds is 2. The molecular weight excluding hydrogens is 355 g/mol. The van der Waals surface area contributed by atoms with Gasteiger partial charge in [-0.3, -0.25) is 0 Å². The predicted octanol–water partition coefficient (Wildman–Crippen LogP) is 2.62. The molecule has 2 aromatic carbocycles. The molecule has 3 rings (SSSR count). The topological polar surface area (TPSA) is 66.0 Å². The van der Waals surface area contributed by atoms with Crippen LogP contribution < -0.4 is 10.5 Å². The maximum Gasteiger partial charge on any atom is 0.144 e. The summed E-state index contributed by atoms with van der Waals surface area (Å²) in [4.78, 5) is 1.60. The van der Waals surface area contributed by atoms with E-state index in [9.17, 15) is 0 Å². The Balaban J connectivity index is 2.16. The Kier molecular flexibility index (Phi) is 3.02. The summed E-state index contributed by atoms with van der Waals surface area (Å²) in [5.74, 6) is 0.613. The molecule has 3 aromatic rings. The van der Waals surface area contributed by atoms with Crippen LogP contribution in [0.3, 0.4) is 0 Å². The summed E-state index contributed by atoms with van der Waals surface area (Å²) < 4.78 is 6.32. The average molecular weight is 366 g/mol. The van der Waals surface area contributed by atoms with E-state index in [1.54, 1.807) is 24.0 Å². The summed E-state index contributed by atoms with van der Waals surface area (Å²) in [6.07, 6.45) is 0. The zero-order valence-corrected chi connectivity index (χ0v) is 12.3. The molecule has 0 bridgehead atoms. The number of nitrogens with two attached hydrogens (primary N) is 1. The van der Waals surface area contributed by atoms with Crippen molar-refractivity contribution < 1.29 is 4.74 Å². The van der Waals surface area contributed by atoms with Gasteiger partial charge in [-0.15, -0.1) is 10.2 Å². The molecule has 1 aromatic heterocycles. The highest BCUT2D eigenvalue weighted by molar-refractivity contribution is 14.1. The van der Waals surface area contributed by atoms with Gasteiger partial charge in [-0.05, 0) is 46.9 Å². The predicted molar refractivity (Wildman–Crippen MR) is 82.5 cm³/mol. The Hall–Kier alpha value is -1.83. The number of ether oxygens (including phenoxy) is 1. The molecule has 0 saturated carbocycles. The standard InChI is InChI=1S/C13H11IN4O/c1-19-13-7-12-11(6-10(13)15)16-18(17-12)9-4-2-3-8(14)5-9/h2-7H,15H2,1H3. The van der Waals surface area contributed by atoms with Crippen molar-refractivity contribution in [3.63, 3.8) is 0 Å². The third kappa shape index (κ3) is 2.23. The maximum absolute atomic E-state index is 5.87. The molecule has 19 heavy (non-hydrogen) atoms. The fraction of sp³-hybridized carbons (Fsp3) is 0.0769. The number of methoxy groups -OCH3 is 1. The van der Waals surface area contributed by atoms with Crippen LogP contribution in [0.4, 0.5) is 5.69 Å². The van der Waals surface area contributed by atoms with E-state index in [0.29, 0.717) is 11.4 Å². The highest BCUT2D eigenvalue weighted by Crippen LogP contribution is 2.26. The van der Waals surface area contributed by atoms with Crippen molar-refractivity contribution in [1.82, 2.24) is 15.0 Å². The van der Waals surface area contributed by atoms with E-state index in [1.807, 2.05) is 24.3 Å². The summed E-state index contributed by atoms with van der Waals surface area (Å²) >= 11 is 2.26. The molecule has 0 saturated heterocycles. The second-order valence-corrected chi connectivity index (χ2v) is 5.30. The minimum atomic E-state index is 0.560. The highest BCUT2D eigenvalue weighted by atomic mass is 127. The van der Waals surface area contributed by atoms with Crippen molar-refractivity contribution in [2.24, 2.45) is 0 Å². The third-order valence-corrected chi connectivity index (χ3v) is 3.44. The molecule has 1 heterocycles. The average Bonchev–Trinajstić information content (AvgIpc) is 2.80. The lowest BCUT2D eigenvalue weighted by atomic mass is 10.2. The molecule has 0 spiro atoms. The van der Waals surface area contributed by atoms with Crippen LogP contribution in [-0.4, -0.2) is 22.1 Å². The van der Waals surface area contributed by atoms with Crippen LogP contribution in [-0.2, 0) is 0 Å². The third-order valence-electron chi connectivity index (χ3n) is 2.77. The quantitative estimate of drug-likeness (QED) is 0.559. The van der Waals surface area contributed by atoms with Crippen molar-refractivity contribution in [1.29, 1.82) is 0 Å². The van der Waals surface area contributed by atoms with Gasteiger partial charge in [0.1, 0.15) is 16.8 Å². The van der Waals surface area contributed by atoms with E-state index in [2.05, 4.69) is 32.8 Å². The first kappa shape index (κ1) is 12.2. The molecule has 6 heteroatoms. The monoisotopic (exact) mass is 366 g/mol. The first-order valence-electron chi connectivity index (χ1n) is 5.64. The van der Waals surface area contributed by atoms with Crippen LogP contribution in [0.25, 0.3) is 16.7 Å². The van der Waals surface area contributed by atoms with Gasteiger partial charge in [0.25, 0.3) is 0 Å². The fourth-order valence-corrected chi connectivity index (χ4v) is 2.38. The number of fused-ring (bicyclic) bond motifs is 1. The van der Waals surface area contributed by atoms with Gasteiger partial charge in [0.15, 0.2) is 0 Å². The number of halogens is 1. The van der Waals surface area contributed by atoms with Gasteiger partial charge in [0.2, 0.25) is 0 Å². The highest BCUT2D eigenvalue weighted by Gasteiger charge is 2.09. The van der Waals surface area contributed by atoms with Crippen molar-refractivity contribution in [2.45, 2.75) is 0 Å². The summed E-state index contributed by atoms with van der Waals surface area (Å²) in [5, 5.41) is 8.87. The molecule has 0 aliphatic rings. The van der Waals surface area contributed by atoms with Crippen molar-refractivity contribution >= 4 is 39.3 Å². The lowest BCUT2D eigenvalue weighted by Crippen LogP contribution is -1.98. The first-order valence-corrected chi connectivity index (χ1v) is 6.72. The lowest BCUT2D eigenvalue weighted by molar-refractivity contribution is 0.417. The van der Waals surface area contributed by atoms with Crippen LogP contribution in [0.1, 0.15) is 0 Å². The van der Waals surface area contributed by atoms with Gasteiger partial charge in [0.05, 0.1) is 18.5 Å². The van der Waals surface area contributed by atoms with Gasteiger partial charge < -0.3 is 10.5 Å².